The van der Waals surface area contributed by atoms with Gasteiger partial charge in [-0.15, -0.1) is 0 Å². The van der Waals surface area contributed by atoms with Crippen LogP contribution in [0.1, 0.15) is 128 Å². The molecule has 0 heterocycles. The minimum absolute atomic E-state index is 0.0524. The van der Waals surface area contributed by atoms with Crippen molar-refractivity contribution in [3.63, 3.8) is 0 Å². The van der Waals surface area contributed by atoms with Gasteiger partial charge in [-0.25, -0.2) is 0 Å². The average Bonchev–Trinajstić information content (AvgIpc) is 3.24. The van der Waals surface area contributed by atoms with Gasteiger partial charge < -0.3 is 0 Å². The SMILES string of the molecule is Cc1c(-c2ccccc2-c2cc(C(C)(C)C)cc(C(C)(C)C)c2)c(-c2ccccc2C(F)(F)F)c(C)c(-c2ccccc2-c2cc(C(C)(C)C)cc(C(C)(C)C)c2)c1-c1ccccc1C(F)(F)F. The van der Waals surface area contributed by atoms with Crippen LogP contribution in [-0.4, -0.2) is 0 Å². The first-order chi connectivity index (χ1) is 31.4. The van der Waals surface area contributed by atoms with E-state index in [-0.39, 0.29) is 32.8 Å². The van der Waals surface area contributed by atoms with Crippen LogP contribution in [0.2, 0.25) is 0 Å². The van der Waals surface area contributed by atoms with Gasteiger partial charge >= 0.3 is 12.4 Å². The van der Waals surface area contributed by atoms with Crippen molar-refractivity contribution >= 4 is 0 Å². The molecule has 0 atom stereocenters. The molecule has 0 fully saturated rings. The molecule has 68 heavy (non-hydrogen) atoms. The fourth-order valence-corrected chi connectivity index (χ4v) is 9.45. The van der Waals surface area contributed by atoms with E-state index in [0.29, 0.717) is 44.5 Å². The monoisotopic (exact) mass is 922 g/mol. The van der Waals surface area contributed by atoms with Crippen molar-refractivity contribution < 1.29 is 26.3 Å². The third-order valence-corrected chi connectivity index (χ3v) is 13.3. The maximum atomic E-state index is 15.5. The van der Waals surface area contributed by atoms with Crippen LogP contribution < -0.4 is 0 Å². The van der Waals surface area contributed by atoms with Crippen molar-refractivity contribution in [2.24, 2.45) is 0 Å². The van der Waals surface area contributed by atoms with Crippen molar-refractivity contribution in [2.75, 3.05) is 0 Å². The molecule has 0 aliphatic carbocycles. The predicted octanol–water partition coefficient (Wildman–Crippen LogP) is 19.5. The van der Waals surface area contributed by atoms with E-state index >= 15 is 26.3 Å². The quantitative estimate of drug-likeness (QED) is 0.146. The van der Waals surface area contributed by atoms with Gasteiger partial charge in [0.15, 0.2) is 0 Å². The highest BCUT2D eigenvalue weighted by Crippen LogP contribution is 2.55. The molecule has 0 unspecified atom stereocenters. The lowest BCUT2D eigenvalue weighted by Crippen LogP contribution is -2.16. The van der Waals surface area contributed by atoms with E-state index in [1.165, 1.54) is 24.3 Å². The number of hydrogen-bond donors (Lipinski definition) is 0. The first kappa shape index (κ1) is 50.0. The van der Waals surface area contributed by atoms with Crippen molar-refractivity contribution in [3.05, 3.63) is 178 Å². The number of hydrogen-bond acceptors (Lipinski definition) is 0. The van der Waals surface area contributed by atoms with Crippen LogP contribution in [0.25, 0.3) is 66.8 Å². The standard InChI is InChI=1S/C62H64F6/c1-37-53(47-25-17-15-23-45(47)39-31-41(57(3,4)5)35-42(32-39)58(6,7)8)56(50-28-20-22-30-52(50)62(66,67)68)38(2)54(55(37)49-27-19-21-29-51(49)61(63,64)65)48-26-18-16-24-46(48)40-33-43(59(9,10)11)36-44(34-40)60(12,13)14/h15-36H,1-14H3. The summed E-state index contributed by atoms with van der Waals surface area (Å²) in [5.41, 5.74) is 8.39. The molecule has 0 bridgehead atoms. The molecule has 6 heteroatoms. The lowest BCUT2D eigenvalue weighted by atomic mass is 9.74. The highest BCUT2D eigenvalue weighted by molar-refractivity contribution is 6.06. The summed E-state index contributed by atoms with van der Waals surface area (Å²) >= 11 is 0. The minimum Gasteiger partial charge on any atom is -0.166 e. The van der Waals surface area contributed by atoms with Crippen LogP contribution in [0.5, 0.6) is 0 Å². The molecule has 7 rings (SSSR count). The van der Waals surface area contributed by atoms with Gasteiger partial charge in [0.1, 0.15) is 0 Å². The van der Waals surface area contributed by atoms with Gasteiger partial charge in [0, 0.05) is 0 Å². The molecule has 7 aromatic rings. The zero-order chi connectivity index (χ0) is 50.1. The van der Waals surface area contributed by atoms with Gasteiger partial charge in [-0.1, -0.05) is 204 Å². The summed E-state index contributed by atoms with van der Waals surface area (Å²) in [5.74, 6) is 0. The topological polar surface area (TPSA) is 0 Å². The normalized spacial score (nSPS) is 13.0. The van der Waals surface area contributed by atoms with Crippen LogP contribution in [0.3, 0.4) is 0 Å². The van der Waals surface area contributed by atoms with Gasteiger partial charge in [0.05, 0.1) is 11.1 Å². The second-order valence-corrected chi connectivity index (χ2v) is 22.5. The fraction of sp³-hybridized carbons (Fsp3) is 0.323. The molecule has 7 aromatic carbocycles. The first-order valence-electron chi connectivity index (χ1n) is 23.4. The molecule has 0 saturated carbocycles. The van der Waals surface area contributed by atoms with E-state index in [0.717, 1.165) is 56.6 Å². The Balaban J connectivity index is 1.75. The molecule has 0 N–H and O–H groups in total. The van der Waals surface area contributed by atoms with E-state index in [2.05, 4.69) is 119 Å². The minimum atomic E-state index is -4.76. The van der Waals surface area contributed by atoms with Gasteiger partial charge in [-0.2, -0.15) is 26.3 Å². The highest BCUT2D eigenvalue weighted by atomic mass is 19.4. The Morgan fingerprint density at radius 3 is 0.750 bits per heavy atom. The van der Waals surface area contributed by atoms with Crippen LogP contribution >= 0.6 is 0 Å². The second-order valence-electron chi connectivity index (χ2n) is 22.5. The highest BCUT2D eigenvalue weighted by Gasteiger charge is 2.39. The summed E-state index contributed by atoms with van der Waals surface area (Å²) in [7, 11) is 0. The molecule has 0 saturated heterocycles. The Bertz CT molecular complexity index is 2750. The Morgan fingerprint density at radius 1 is 0.279 bits per heavy atom. The summed E-state index contributed by atoms with van der Waals surface area (Å²) < 4.78 is 93.2. The molecule has 0 spiro atoms. The van der Waals surface area contributed by atoms with Crippen LogP contribution in [0, 0.1) is 13.8 Å². The van der Waals surface area contributed by atoms with E-state index in [9.17, 15) is 0 Å². The fourth-order valence-electron chi connectivity index (χ4n) is 9.45. The Morgan fingerprint density at radius 2 is 0.500 bits per heavy atom. The Hall–Kier alpha value is -5.88. The third-order valence-electron chi connectivity index (χ3n) is 13.3. The maximum Gasteiger partial charge on any atom is 0.417 e. The molecule has 0 aliphatic heterocycles. The van der Waals surface area contributed by atoms with Gasteiger partial charge in [-0.05, 0) is 148 Å². The smallest absolute Gasteiger partial charge is 0.166 e. The van der Waals surface area contributed by atoms with E-state index in [1.807, 2.05) is 48.5 Å². The van der Waals surface area contributed by atoms with Crippen LogP contribution in [0.4, 0.5) is 26.3 Å². The first-order valence-corrected chi connectivity index (χ1v) is 23.4. The largest absolute Gasteiger partial charge is 0.417 e. The average molecular weight is 923 g/mol. The summed E-state index contributed by atoms with van der Waals surface area (Å²) in [6, 6.07) is 39.4. The summed E-state index contributed by atoms with van der Waals surface area (Å²) in [5, 5.41) is 0. The Kier molecular flexibility index (Phi) is 12.9. The molecule has 0 amide bonds. The summed E-state index contributed by atoms with van der Waals surface area (Å²) in [4.78, 5) is 0. The Labute approximate surface area is 400 Å². The zero-order valence-electron chi connectivity index (χ0n) is 42.0. The number of rotatable bonds is 6. The third kappa shape index (κ3) is 9.84. The van der Waals surface area contributed by atoms with Crippen LogP contribution in [0.15, 0.2) is 133 Å². The van der Waals surface area contributed by atoms with Crippen molar-refractivity contribution in [2.45, 2.75) is 131 Å². The lowest BCUT2D eigenvalue weighted by Gasteiger charge is -2.30. The van der Waals surface area contributed by atoms with Gasteiger partial charge in [0.2, 0.25) is 0 Å². The molecule has 0 aromatic heterocycles. The maximum absolute atomic E-state index is 15.5. The number of benzene rings is 7. The zero-order valence-corrected chi connectivity index (χ0v) is 42.0. The molecule has 0 nitrogen and oxygen atoms in total. The van der Waals surface area contributed by atoms with Crippen molar-refractivity contribution in [1.29, 1.82) is 0 Å². The molecular weight excluding hydrogens is 859 g/mol. The second kappa shape index (κ2) is 17.6. The van der Waals surface area contributed by atoms with E-state index in [4.69, 9.17) is 0 Å². The lowest BCUT2D eigenvalue weighted by molar-refractivity contribution is -0.137. The summed E-state index contributed by atoms with van der Waals surface area (Å²) in [6.07, 6.45) is -9.51. The number of alkyl halides is 6. The predicted molar refractivity (Wildman–Crippen MR) is 273 cm³/mol. The van der Waals surface area contributed by atoms with Gasteiger partial charge in [0.25, 0.3) is 0 Å². The van der Waals surface area contributed by atoms with E-state index in [1.54, 1.807) is 26.0 Å². The molecule has 354 valence electrons. The molecule has 0 aliphatic rings. The van der Waals surface area contributed by atoms with Crippen molar-refractivity contribution in [3.8, 4) is 66.8 Å². The van der Waals surface area contributed by atoms with Crippen molar-refractivity contribution in [1.82, 2.24) is 0 Å². The molecular formula is C62H64F6. The van der Waals surface area contributed by atoms with Gasteiger partial charge in [-0.3, -0.25) is 0 Å². The van der Waals surface area contributed by atoms with Crippen LogP contribution in [-0.2, 0) is 34.0 Å². The van der Waals surface area contributed by atoms with E-state index < -0.39 is 23.5 Å². The number of halogens is 6. The summed E-state index contributed by atoms with van der Waals surface area (Å²) in [6.45, 7) is 29.3. The molecule has 0 radical (unpaired) electrons.